The Bertz CT molecular complexity index is 722. The summed E-state index contributed by atoms with van der Waals surface area (Å²) in [6.45, 7) is 1.79. The Morgan fingerprint density at radius 1 is 1.45 bits per heavy atom. The number of rotatable bonds is 4. The lowest BCUT2D eigenvalue weighted by Crippen LogP contribution is -2.33. The van der Waals surface area contributed by atoms with E-state index in [0.717, 1.165) is 11.3 Å². The van der Waals surface area contributed by atoms with Crippen LogP contribution in [0.3, 0.4) is 0 Å². The van der Waals surface area contributed by atoms with Gasteiger partial charge in [-0.15, -0.1) is 17.5 Å². The molecule has 0 aliphatic carbocycles. The Morgan fingerprint density at radius 3 is 3.00 bits per heavy atom. The molecule has 1 aliphatic heterocycles. The second-order valence-corrected chi connectivity index (χ2v) is 4.58. The Kier molecular flexibility index (Phi) is 5.33. The summed E-state index contributed by atoms with van der Waals surface area (Å²) >= 11 is 6.00. The summed E-state index contributed by atoms with van der Waals surface area (Å²) in [5, 5.41) is 17.1. The lowest BCUT2D eigenvalue weighted by Gasteiger charge is -2.12. The van der Waals surface area contributed by atoms with Crippen LogP contribution >= 0.6 is 24.0 Å². The molecule has 7 nitrogen and oxygen atoms in total. The summed E-state index contributed by atoms with van der Waals surface area (Å²) in [6.07, 6.45) is 1.47. The summed E-state index contributed by atoms with van der Waals surface area (Å²) in [5.74, 6) is 5.05. The standard InChI is InChI=1S/C13H9ClN6O.ClH/c14-10-3-4-12(20-8-17-18-19-20)9(6-10)7-16-13(21)11-2-1-5-15-11;/h3-6,8,15H,7H2,(H,16,21);1H. The monoisotopic (exact) mass is 336 g/mol. The number of aromatic nitrogens is 4. The van der Waals surface area contributed by atoms with Gasteiger partial charge in [0.1, 0.15) is 6.33 Å². The van der Waals surface area contributed by atoms with Gasteiger partial charge in [-0.2, -0.15) is 0 Å². The molecule has 0 bridgehead atoms. The zero-order chi connectivity index (χ0) is 14.7. The molecule has 0 atom stereocenters. The van der Waals surface area contributed by atoms with Gasteiger partial charge in [-0.05, 0) is 34.2 Å². The molecule has 112 valence electrons. The van der Waals surface area contributed by atoms with Crippen LogP contribution in [0.4, 0.5) is 0 Å². The van der Waals surface area contributed by atoms with E-state index in [-0.39, 0.29) is 24.9 Å². The molecular formula is C13H10Cl2N6O. The number of nitrogens with one attached hydrogen (secondary N) is 2. The number of carbonyl (C=O) groups is 1. The molecule has 2 heterocycles. The summed E-state index contributed by atoms with van der Waals surface area (Å²) in [5.41, 5.74) is 1.53. The Balaban J connectivity index is 0.00000176. The van der Waals surface area contributed by atoms with Crippen molar-refractivity contribution >= 4 is 29.9 Å². The van der Waals surface area contributed by atoms with Crippen molar-refractivity contribution in [2.45, 2.75) is 6.54 Å². The second-order valence-electron chi connectivity index (χ2n) is 4.14. The SMILES string of the molecule is Cl.O=C(NCc1cc(Cl)ccc1-n1cnnn1)[C]1C#C[CH]N1. The van der Waals surface area contributed by atoms with Crippen LogP contribution in [0.2, 0.25) is 5.02 Å². The van der Waals surface area contributed by atoms with Gasteiger partial charge >= 0.3 is 0 Å². The Morgan fingerprint density at radius 2 is 2.32 bits per heavy atom. The molecule has 22 heavy (non-hydrogen) atoms. The second kappa shape index (κ2) is 7.22. The molecule has 1 amide bonds. The van der Waals surface area contributed by atoms with Gasteiger partial charge in [-0.25, -0.2) is 4.68 Å². The van der Waals surface area contributed by atoms with Gasteiger partial charge in [0.05, 0.1) is 12.2 Å². The lowest BCUT2D eigenvalue weighted by atomic mass is 10.1. The summed E-state index contributed by atoms with van der Waals surface area (Å²) in [6, 6.07) is 5.59. The maximum absolute atomic E-state index is 11.9. The highest BCUT2D eigenvalue weighted by molar-refractivity contribution is 6.30. The van der Waals surface area contributed by atoms with E-state index < -0.39 is 0 Å². The van der Waals surface area contributed by atoms with E-state index in [9.17, 15) is 4.79 Å². The van der Waals surface area contributed by atoms with Gasteiger partial charge < -0.3 is 5.32 Å². The first kappa shape index (κ1) is 16.2. The summed E-state index contributed by atoms with van der Waals surface area (Å²) < 4.78 is 1.51. The van der Waals surface area contributed by atoms with Gasteiger partial charge in [0.25, 0.3) is 5.91 Å². The Hall–Kier alpha value is -2.14. The third-order valence-corrected chi connectivity index (χ3v) is 3.02. The van der Waals surface area contributed by atoms with Crippen molar-refractivity contribution in [2.24, 2.45) is 0 Å². The normalized spacial score (nSPS) is 13.1. The minimum absolute atomic E-state index is 0. The molecule has 2 radical (unpaired) electrons. The highest BCUT2D eigenvalue weighted by Crippen LogP contribution is 2.19. The van der Waals surface area contributed by atoms with Crippen molar-refractivity contribution in [2.75, 3.05) is 0 Å². The van der Waals surface area contributed by atoms with Crippen LogP contribution in [-0.2, 0) is 11.3 Å². The number of hydrogen-bond acceptors (Lipinski definition) is 5. The molecule has 2 aromatic rings. The predicted molar refractivity (Wildman–Crippen MR) is 81.7 cm³/mol. The van der Waals surface area contributed by atoms with E-state index in [1.165, 1.54) is 17.6 Å². The first-order chi connectivity index (χ1) is 10.2. The molecule has 2 N–H and O–H groups in total. The van der Waals surface area contributed by atoms with Crippen LogP contribution in [0.25, 0.3) is 5.69 Å². The topological polar surface area (TPSA) is 84.7 Å². The number of hydrogen-bond donors (Lipinski definition) is 2. The fourth-order valence-corrected chi connectivity index (χ4v) is 2.02. The number of halogens is 2. The fourth-order valence-electron chi connectivity index (χ4n) is 1.83. The van der Waals surface area contributed by atoms with E-state index >= 15 is 0 Å². The fraction of sp³-hybridized carbons (Fsp3) is 0.0769. The van der Waals surface area contributed by atoms with E-state index in [1.807, 2.05) is 0 Å². The molecule has 0 spiro atoms. The summed E-state index contributed by atoms with van der Waals surface area (Å²) in [4.78, 5) is 11.9. The largest absolute Gasteiger partial charge is 0.349 e. The summed E-state index contributed by atoms with van der Waals surface area (Å²) in [7, 11) is 0. The molecule has 0 fully saturated rings. The van der Waals surface area contributed by atoms with E-state index in [0.29, 0.717) is 11.1 Å². The zero-order valence-electron chi connectivity index (χ0n) is 11.1. The predicted octanol–water partition coefficient (Wildman–Crippen LogP) is 0.654. The molecule has 0 unspecified atom stereocenters. The van der Waals surface area contributed by atoms with Crippen LogP contribution < -0.4 is 10.6 Å². The molecule has 3 rings (SSSR count). The zero-order valence-corrected chi connectivity index (χ0v) is 12.6. The molecule has 1 aromatic heterocycles. The minimum Gasteiger partial charge on any atom is -0.349 e. The van der Waals surface area contributed by atoms with Gasteiger partial charge in [0.15, 0.2) is 6.04 Å². The first-order valence-corrected chi connectivity index (χ1v) is 6.38. The number of benzene rings is 1. The number of nitrogens with zero attached hydrogens (tertiary/aromatic N) is 4. The third-order valence-electron chi connectivity index (χ3n) is 2.79. The highest BCUT2D eigenvalue weighted by Gasteiger charge is 2.19. The minimum atomic E-state index is -0.279. The van der Waals surface area contributed by atoms with Gasteiger partial charge in [-0.1, -0.05) is 23.4 Å². The smallest absolute Gasteiger partial charge is 0.256 e. The quantitative estimate of drug-likeness (QED) is 0.801. The van der Waals surface area contributed by atoms with Crippen molar-refractivity contribution in [3.05, 3.63) is 47.7 Å². The molecule has 0 saturated carbocycles. The van der Waals surface area contributed by atoms with E-state index in [4.69, 9.17) is 11.6 Å². The van der Waals surface area contributed by atoms with Crippen LogP contribution in [0.15, 0.2) is 24.5 Å². The number of tetrazole rings is 1. The number of carbonyl (C=O) groups excluding carboxylic acids is 1. The number of amides is 1. The molecular weight excluding hydrogens is 327 g/mol. The maximum Gasteiger partial charge on any atom is 0.256 e. The van der Waals surface area contributed by atoms with Crippen LogP contribution in [0, 0.1) is 24.4 Å². The lowest BCUT2D eigenvalue weighted by molar-refractivity contribution is -0.119. The molecule has 0 saturated heterocycles. The molecule has 1 aromatic carbocycles. The van der Waals surface area contributed by atoms with Crippen LogP contribution in [0.5, 0.6) is 0 Å². The van der Waals surface area contributed by atoms with Crippen LogP contribution in [0.1, 0.15) is 5.56 Å². The van der Waals surface area contributed by atoms with Gasteiger partial charge in [0, 0.05) is 11.6 Å². The molecule has 9 heteroatoms. The van der Waals surface area contributed by atoms with Gasteiger partial charge in [0.2, 0.25) is 0 Å². The maximum atomic E-state index is 11.9. The van der Waals surface area contributed by atoms with Gasteiger partial charge in [-0.3, -0.25) is 10.1 Å². The van der Waals surface area contributed by atoms with E-state index in [1.54, 1.807) is 18.2 Å². The van der Waals surface area contributed by atoms with Crippen LogP contribution in [-0.4, -0.2) is 26.1 Å². The molecule has 1 aliphatic rings. The van der Waals surface area contributed by atoms with Crippen molar-refractivity contribution < 1.29 is 4.79 Å². The van der Waals surface area contributed by atoms with Crippen molar-refractivity contribution in [3.8, 4) is 17.5 Å². The van der Waals surface area contributed by atoms with Crippen molar-refractivity contribution in [1.82, 2.24) is 30.8 Å². The van der Waals surface area contributed by atoms with Crippen molar-refractivity contribution in [1.29, 1.82) is 0 Å². The first-order valence-electron chi connectivity index (χ1n) is 6.01. The Labute approximate surface area is 137 Å². The average molecular weight is 337 g/mol. The highest BCUT2D eigenvalue weighted by atomic mass is 35.5. The average Bonchev–Trinajstić information content (AvgIpc) is 3.17. The third kappa shape index (κ3) is 3.54. The van der Waals surface area contributed by atoms with E-state index in [2.05, 4.69) is 38.0 Å². The van der Waals surface area contributed by atoms with Crippen molar-refractivity contribution in [3.63, 3.8) is 0 Å².